The van der Waals surface area contributed by atoms with Gasteiger partial charge in [-0.3, -0.25) is 4.79 Å². The molecule has 4 nitrogen and oxygen atoms in total. The third kappa shape index (κ3) is 1.98. The van der Waals surface area contributed by atoms with Gasteiger partial charge in [0.05, 0.1) is 12.0 Å². The summed E-state index contributed by atoms with van der Waals surface area (Å²) in [5, 5.41) is 6.79. The highest BCUT2D eigenvalue weighted by Gasteiger charge is 2.65. The lowest BCUT2D eigenvalue weighted by atomic mass is 9.54. The first-order valence-electron chi connectivity index (χ1n) is 8.85. The average Bonchev–Trinajstić information content (AvgIpc) is 3.21. The molecule has 1 amide bonds. The van der Waals surface area contributed by atoms with Crippen LogP contribution in [0.1, 0.15) is 51.4 Å². The Morgan fingerprint density at radius 1 is 1.14 bits per heavy atom. The first-order valence-corrected chi connectivity index (χ1v) is 8.85. The first-order chi connectivity index (χ1) is 10.3. The minimum Gasteiger partial charge on any atom is -0.377 e. The van der Waals surface area contributed by atoms with E-state index in [4.69, 9.17) is 4.74 Å². The monoisotopic (exact) mass is 292 g/mol. The summed E-state index contributed by atoms with van der Waals surface area (Å²) in [4.78, 5) is 12.1. The van der Waals surface area contributed by atoms with Crippen molar-refractivity contribution < 1.29 is 9.53 Å². The number of ether oxygens (including phenoxy) is 1. The van der Waals surface area contributed by atoms with E-state index in [1.807, 2.05) is 0 Å². The third-order valence-electron chi connectivity index (χ3n) is 6.78. The fourth-order valence-corrected chi connectivity index (χ4v) is 5.83. The molecule has 118 valence electrons. The van der Waals surface area contributed by atoms with Crippen LogP contribution in [0.5, 0.6) is 0 Å². The zero-order valence-corrected chi connectivity index (χ0v) is 13.1. The second-order valence-corrected chi connectivity index (χ2v) is 7.59. The smallest absolute Gasteiger partial charge is 0.224 e. The van der Waals surface area contributed by atoms with E-state index in [0.29, 0.717) is 29.5 Å². The lowest BCUT2D eigenvalue weighted by Gasteiger charge is -2.58. The van der Waals surface area contributed by atoms with Gasteiger partial charge in [0.1, 0.15) is 0 Å². The normalized spacial score (nSPS) is 43.8. The molecule has 3 aliphatic carbocycles. The Kier molecular flexibility index (Phi) is 3.49. The van der Waals surface area contributed by atoms with E-state index in [1.54, 1.807) is 7.05 Å². The highest BCUT2D eigenvalue weighted by molar-refractivity contribution is 5.79. The lowest BCUT2D eigenvalue weighted by molar-refractivity contribution is -0.137. The van der Waals surface area contributed by atoms with Crippen molar-refractivity contribution in [2.45, 2.75) is 69.6 Å². The van der Waals surface area contributed by atoms with Crippen molar-refractivity contribution in [2.75, 3.05) is 13.7 Å². The molecule has 5 atom stereocenters. The molecule has 4 heteroatoms. The molecule has 0 aromatic rings. The van der Waals surface area contributed by atoms with Gasteiger partial charge in [-0.1, -0.05) is 19.3 Å². The number of hydrogen-bond acceptors (Lipinski definition) is 3. The van der Waals surface area contributed by atoms with Gasteiger partial charge in [-0.2, -0.15) is 0 Å². The van der Waals surface area contributed by atoms with Crippen molar-refractivity contribution in [1.29, 1.82) is 0 Å². The predicted molar refractivity (Wildman–Crippen MR) is 80.9 cm³/mol. The van der Waals surface area contributed by atoms with Crippen LogP contribution in [0.3, 0.4) is 0 Å². The van der Waals surface area contributed by atoms with Gasteiger partial charge >= 0.3 is 0 Å². The molecule has 1 heterocycles. The standard InChI is InChI=1S/C17H28N2O2/c1-18-16(20)11-5-4-6-13(11)19-14-12-7-10-21-15(12)17(14)8-2-3-9-17/h11-15,19H,2-10H2,1H3,(H,18,20)/t11?,12-,13?,14?,15-/m1/s1. The Labute approximate surface area is 127 Å². The summed E-state index contributed by atoms with van der Waals surface area (Å²) in [5.74, 6) is 1.10. The summed E-state index contributed by atoms with van der Waals surface area (Å²) in [5.41, 5.74) is 0.400. The quantitative estimate of drug-likeness (QED) is 0.834. The number of carbonyl (C=O) groups excluding carboxylic acids is 1. The zero-order chi connectivity index (χ0) is 14.4. The maximum absolute atomic E-state index is 12.1. The largest absolute Gasteiger partial charge is 0.377 e. The molecule has 4 fully saturated rings. The van der Waals surface area contributed by atoms with E-state index in [0.717, 1.165) is 19.4 Å². The summed E-state index contributed by atoms with van der Waals surface area (Å²) in [7, 11) is 1.76. The summed E-state index contributed by atoms with van der Waals surface area (Å²) in [6.45, 7) is 0.943. The Bertz CT molecular complexity index is 419. The van der Waals surface area contributed by atoms with E-state index in [2.05, 4.69) is 10.6 Å². The maximum Gasteiger partial charge on any atom is 0.224 e. The molecule has 0 aromatic carbocycles. The molecule has 4 rings (SSSR count). The number of rotatable bonds is 3. The molecule has 3 saturated carbocycles. The van der Waals surface area contributed by atoms with Crippen molar-refractivity contribution in [1.82, 2.24) is 10.6 Å². The fourth-order valence-electron chi connectivity index (χ4n) is 5.83. The summed E-state index contributed by atoms with van der Waals surface area (Å²) in [6.07, 6.45) is 10.5. The van der Waals surface area contributed by atoms with Gasteiger partial charge in [0.25, 0.3) is 0 Å². The molecule has 1 spiro atoms. The molecule has 0 aromatic heterocycles. The molecule has 1 aliphatic heterocycles. The molecule has 4 aliphatic rings. The fraction of sp³-hybridized carbons (Fsp3) is 0.941. The van der Waals surface area contributed by atoms with Crippen LogP contribution in [0.4, 0.5) is 0 Å². The third-order valence-corrected chi connectivity index (χ3v) is 6.78. The predicted octanol–water partition coefficient (Wildman–Crippen LogP) is 1.84. The van der Waals surface area contributed by atoms with E-state index in [-0.39, 0.29) is 11.8 Å². The van der Waals surface area contributed by atoms with E-state index >= 15 is 0 Å². The number of nitrogens with one attached hydrogen (secondary N) is 2. The van der Waals surface area contributed by atoms with Crippen molar-refractivity contribution in [3.05, 3.63) is 0 Å². The molecule has 0 bridgehead atoms. The molecule has 0 radical (unpaired) electrons. The minimum atomic E-state index is 0.176. The lowest BCUT2D eigenvalue weighted by Crippen LogP contribution is -2.69. The Balaban J connectivity index is 1.49. The van der Waals surface area contributed by atoms with E-state index in [1.165, 1.54) is 38.5 Å². The van der Waals surface area contributed by atoms with Crippen LogP contribution in [0.2, 0.25) is 0 Å². The Morgan fingerprint density at radius 2 is 1.95 bits per heavy atom. The topological polar surface area (TPSA) is 50.4 Å². The van der Waals surface area contributed by atoms with Crippen LogP contribution in [-0.4, -0.2) is 37.7 Å². The van der Waals surface area contributed by atoms with Gasteiger partial charge in [0, 0.05) is 37.1 Å². The molecular formula is C17H28N2O2. The number of amides is 1. The van der Waals surface area contributed by atoms with Gasteiger partial charge in [0.2, 0.25) is 5.91 Å². The molecule has 21 heavy (non-hydrogen) atoms. The van der Waals surface area contributed by atoms with Crippen LogP contribution < -0.4 is 10.6 Å². The van der Waals surface area contributed by atoms with E-state index in [9.17, 15) is 4.79 Å². The van der Waals surface area contributed by atoms with Crippen LogP contribution in [0.25, 0.3) is 0 Å². The SMILES string of the molecule is CNC(=O)C1CCCC1NC1[C@H]2CCO[C@H]2C12CCCC2. The van der Waals surface area contributed by atoms with Crippen LogP contribution in [0, 0.1) is 17.3 Å². The van der Waals surface area contributed by atoms with Crippen LogP contribution in [0.15, 0.2) is 0 Å². The van der Waals surface area contributed by atoms with Crippen molar-refractivity contribution in [2.24, 2.45) is 17.3 Å². The highest BCUT2D eigenvalue weighted by Crippen LogP contribution is 2.61. The Morgan fingerprint density at radius 3 is 2.71 bits per heavy atom. The number of hydrogen-bond donors (Lipinski definition) is 2. The molecule has 3 unspecified atom stereocenters. The summed E-state index contributed by atoms with van der Waals surface area (Å²) < 4.78 is 6.06. The summed E-state index contributed by atoms with van der Waals surface area (Å²) >= 11 is 0. The Hall–Kier alpha value is -0.610. The number of carbonyl (C=O) groups is 1. The highest BCUT2D eigenvalue weighted by atomic mass is 16.5. The van der Waals surface area contributed by atoms with Gasteiger partial charge < -0.3 is 15.4 Å². The average molecular weight is 292 g/mol. The van der Waals surface area contributed by atoms with Crippen molar-refractivity contribution in [3.8, 4) is 0 Å². The van der Waals surface area contributed by atoms with E-state index < -0.39 is 0 Å². The molecule has 2 N–H and O–H groups in total. The second-order valence-electron chi connectivity index (χ2n) is 7.59. The molecular weight excluding hydrogens is 264 g/mol. The van der Waals surface area contributed by atoms with Crippen LogP contribution >= 0.6 is 0 Å². The maximum atomic E-state index is 12.1. The number of fused-ring (bicyclic) bond motifs is 2. The summed E-state index contributed by atoms with van der Waals surface area (Å²) in [6, 6.07) is 0.983. The van der Waals surface area contributed by atoms with Gasteiger partial charge in [-0.15, -0.1) is 0 Å². The van der Waals surface area contributed by atoms with Crippen LogP contribution in [-0.2, 0) is 9.53 Å². The second kappa shape index (κ2) is 5.24. The van der Waals surface area contributed by atoms with Crippen molar-refractivity contribution >= 4 is 5.91 Å². The minimum absolute atomic E-state index is 0.176. The first kappa shape index (κ1) is 14.0. The van der Waals surface area contributed by atoms with Crippen molar-refractivity contribution in [3.63, 3.8) is 0 Å². The van der Waals surface area contributed by atoms with Gasteiger partial charge in [0.15, 0.2) is 0 Å². The van der Waals surface area contributed by atoms with Gasteiger partial charge in [-0.25, -0.2) is 0 Å². The molecule has 1 saturated heterocycles. The zero-order valence-electron chi connectivity index (χ0n) is 13.1. The van der Waals surface area contributed by atoms with Gasteiger partial charge in [-0.05, 0) is 32.1 Å².